The molecule has 0 heterocycles. The fourth-order valence-corrected chi connectivity index (χ4v) is 6.59. The molecule has 0 aromatic heterocycles. The Morgan fingerprint density at radius 2 is 1.76 bits per heavy atom. The van der Waals surface area contributed by atoms with Crippen LogP contribution in [0.1, 0.15) is 64.7 Å². The highest BCUT2D eigenvalue weighted by Gasteiger charge is 2.50. The van der Waals surface area contributed by atoms with E-state index in [1.165, 1.54) is 19.3 Å². The van der Waals surface area contributed by atoms with Crippen molar-refractivity contribution in [2.24, 2.45) is 35.5 Å². The summed E-state index contributed by atoms with van der Waals surface area (Å²) in [6, 6.07) is 0. The quantitative estimate of drug-likeness (QED) is 0.722. The molecule has 138 valence electrons. The highest BCUT2D eigenvalue weighted by atomic mass is 16.3. The molecule has 0 aromatic carbocycles. The van der Waals surface area contributed by atoms with Gasteiger partial charge in [-0.2, -0.15) is 0 Å². The summed E-state index contributed by atoms with van der Waals surface area (Å²) in [4.78, 5) is 12.2. The topological polar surface area (TPSA) is 57.5 Å². The van der Waals surface area contributed by atoms with Gasteiger partial charge in [-0.15, -0.1) is 0 Å². The van der Waals surface area contributed by atoms with Gasteiger partial charge in [0, 0.05) is 11.5 Å². The number of fused-ring (bicyclic) bond motifs is 2. The highest BCUT2D eigenvalue weighted by Crippen LogP contribution is 2.54. The lowest BCUT2D eigenvalue weighted by atomic mass is 9.54. The van der Waals surface area contributed by atoms with E-state index in [1.807, 2.05) is 0 Å². The van der Waals surface area contributed by atoms with Crippen LogP contribution < -0.4 is 0 Å². The van der Waals surface area contributed by atoms with Crippen molar-refractivity contribution in [1.82, 2.24) is 0 Å². The Kier molecular flexibility index (Phi) is 4.79. The van der Waals surface area contributed by atoms with E-state index < -0.39 is 0 Å². The predicted octanol–water partition coefficient (Wildman–Crippen LogP) is 4.57. The number of hydrogen-bond donors (Lipinski definition) is 2. The van der Waals surface area contributed by atoms with Crippen molar-refractivity contribution in [3.05, 3.63) is 23.5 Å². The lowest BCUT2D eigenvalue weighted by molar-refractivity contribution is -0.115. The van der Waals surface area contributed by atoms with E-state index >= 15 is 0 Å². The molecule has 4 aliphatic carbocycles. The summed E-state index contributed by atoms with van der Waals surface area (Å²) in [6.45, 7) is 1.59. The van der Waals surface area contributed by atoms with Crippen LogP contribution in [0.5, 0.6) is 0 Å². The second-order valence-electron chi connectivity index (χ2n) is 8.95. The second kappa shape index (κ2) is 6.90. The Hall–Kier alpha value is -1.09. The summed E-state index contributed by atoms with van der Waals surface area (Å²) >= 11 is 0. The van der Waals surface area contributed by atoms with Gasteiger partial charge in [-0.05, 0) is 81.5 Å². The van der Waals surface area contributed by atoms with Gasteiger partial charge in [-0.1, -0.05) is 25.0 Å². The molecule has 7 atom stereocenters. The molecule has 6 unspecified atom stereocenters. The third-order valence-corrected chi connectivity index (χ3v) is 7.75. The van der Waals surface area contributed by atoms with Gasteiger partial charge in [0.2, 0.25) is 0 Å². The van der Waals surface area contributed by atoms with Gasteiger partial charge >= 0.3 is 0 Å². The molecule has 0 aromatic rings. The van der Waals surface area contributed by atoms with Gasteiger partial charge in [-0.3, -0.25) is 4.79 Å². The second-order valence-corrected chi connectivity index (χ2v) is 8.95. The Bertz CT molecular complexity index is 590. The van der Waals surface area contributed by atoms with Gasteiger partial charge in [0.25, 0.3) is 0 Å². The van der Waals surface area contributed by atoms with Crippen LogP contribution in [0.25, 0.3) is 0 Å². The largest absolute Gasteiger partial charge is 0.512 e. The summed E-state index contributed by atoms with van der Waals surface area (Å²) in [6.07, 6.45) is 13.8. The SMILES string of the molecule is CC(=O)C1=C(O)[C@@H](C2C(O)CCC3CC=CCC32)C2CCCCC2C1. The molecule has 3 heteroatoms. The van der Waals surface area contributed by atoms with E-state index in [1.54, 1.807) is 6.92 Å². The predicted molar refractivity (Wildman–Crippen MR) is 98.0 cm³/mol. The van der Waals surface area contributed by atoms with E-state index in [4.69, 9.17) is 0 Å². The first-order chi connectivity index (χ1) is 12.1. The molecule has 0 saturated heterocycles. The Labute approximate surface area is 151 Å². The maximum Gasteiger partial charge on any atom is 0.159 e. The number of hydrogen-bond acceptors (Lipinski definition) is 3. The molecule has 0 amide bonds. The van der Waals surface area contributed by atoms with Gasteiger partial charge in [0.05, 0.1) is 6.10 Å². The number of aliphatic hydroxyl groups is 2. The van der Waals surface area contributed by atoms with E-state index in [0.717, 1.165) is 38.5 Å². The lowest BCUT2D eigenvalue weighted by Gasteiger charge is -2.51. The molecule has 0 bridgehead atoms. The maximum absolute atomic E-state index is 12.2. The van der Waals surface area contributed by atoms with E-state index in [9.17, 15) is 15.0 Å². The number of carbonyl (C=O) groups excluding carboxylic acids is 1. The zero-order valence-electron chi connectivity index (χ0n) is 15.4. The molecule has 0 aliphatic heterocycles. The molecule has 0 spiro atoms. The molecule has 2 fully saturated rings. The fraction of sp³-hybridized carbons (Fsp3) is 0.773. The third-order valence-electron chi connectivity index (χ3n) is 7.75. The minimum absolute atomic E-state index is 0.00718. The monoisotopic (exact) mass is 344 g/mol. The number of rotatable bonds is 2. The molecular weight excluding hydrogens is 312 g/mol. The minimum Gasteiger partial charge on any atom is -0.512 e. The minimum atomic E-state index is -0.339. The molecule has 0 radical (unpaired) electrons. The first-order valence-electron chi connectivity index (χ1n) is 10.3. The summed E-state index contributed by atoms with van der Waals surface area (Å²) < 4.78 is 0. The number of allylic oxidation sites excluding steroid dienone is 4. The average molecular weight is 344 g/mol. The van der Waals surface area contributed by atoms with E-state index in [2.05, 4.69) is 12.2 Å². The van der Waals surface area contributed by atoms with E-state index in [-0.39, 0.29) is 23.7 Å². The normalized spacial score (nSPS) is 44.2. The van der Waals surface area contributed by atoms with Gasteiger partial charge in [0.15, 0.2) is 5.78 Å². The number of Topliss-reactive ketones (excluding diaryl/α,β-unsaturated/α-hetero) is 1. The molecule has 2 N–H and O–H groups in total. The van der Waals surface area contributed by atoms with Gasteiger partial charge in [0.1, 0.15) is 5.76 Å². The van der Waals surface area contributed by atoms with Gasteiger partial charge < -0.3 is 10.2 Å². The van der Waals surface area contributed by atoms with Crippen molar-refractivity contribution in [1.29, 1.82) is 0 Å². The van der Waals surface area contributed by atoms with Crippen molar-refractivity contribution < 1.29 is 15.0 Å². The average Bonchev–Trinajstić information content (AvgIpc) is 2.62. The van der Waals surface area contributed by atoms with Crippen molar-refractivity contribution >= 4 is 5.78 Å². The molecule has 4 rings (SSSR count). The van der Waals surface area contributed by atoms with Gasteiger partial charge in [-0.25, -0.2) is 0 Å². The molecule has 4 aliphatic rings. The van der Waals surface area contributed by atoms with Crippen LogP contribution in [0.3, 0.4) is 0 Å². The van der Waals surface area contributed by atoms with Crippen molar-refractivity contribution in [2.75, 3.05) is 0 Å². The smallest absolute Gasteiger partial charge is 0.159 e. The van der Waals surface area contributed by atoms with E-state index in [0.29, 0.717) is 35.0 Å². The number of aliphatic hydroxyl groups excluding tert-OH is 2. The first-order valence-corrected chi connectivity index (χ1v) is 10.3. The molecule has 3 nitrogen and oxygen atoms in total. The van der Waals surface area contributed by atoms with Crippen molar-refractivity contribution in [3.8, 4) is 0 Å². The van der Waals surface area contributed by atoms with Crippen LogP contribution in [-0.2, 0) is 4.79 Å². The fourth-order valence-electron chi connectivity index (χ4n) is 6.59. The molecule has 25 heavy (non-hydrogen) atoms. The summed E-state index contributed by atoms with van der Waals surface area (Å²) in [7, 11) is 0. The standard InChI is InChI=1S/C22H32O3/c1-13(23)18-12-15-7-3-5-9-17(15)21(22(18)25)20-16-8-4-2-6-14(16)10-11-19(20)24/h2,4,14-17,19-21,24-25H,3,5-12H2,1H3/t14?,15?,16?,17?,19?,20?,21-/m1/s1. The number of ketones is 1. The van der Waals surface area contributed by atoms with Crippen LogP contribution in [-0.4, -0.2) is 22.1 Å². The van der Waals surface area contributed by atoms with Crippen LogP contribution in [0, 0.1) is 35.5 Å². The summed E-state index contributed by atoms with van der Waals surface area (Å²) in [5, 5.41) is 22.1. The summed E-state index contributed by atoms with van der Waals surface area (Å²) in [5.41, 5.74) is 0.661. The Balaban J connectivity index is 1.74. The van der Waals surface area contributed by atoms with Crippen LogP contribution in [0.4, 0.5) is 0 Å². The van der Waals surface area contributed by atoms with Crippen LogP contribution >= 0.6 is 0 Å². The molecule has 2 saturated carbocycles. The molecular formula is C22H32O3. The Morgan fingerprint density at radius 3 is 2.56 bits per heavy atom. The van der Waals surface area contributed by atoms with Crippen LogP contribution in [0.2, 0.25) is 0 Å². The third kappa shape index (κ3) is 2.99. The zero-order valence-corrected chi connectivity index (χ0v) is 15.4. The van der Waals surface area contributed by atoms with Crippen molar-refractivity contribution in [2.45, 2.75) is 70.8 Å². The maximum atomic E-state index is 12.2. The lowest BCUT2D eigenvalue weighted by Crippen LogP contribution is -2.48. The highest BCUT2D eigenvalue weighted by molar-refractivity contribution is 5.94. The van der Waals surface area contributed by atoms with Crippen LogP contribution in [0.15, 0.2) is 23.5 Å². The zero-order chi connectivity index (χ0) is 17.6. The first kappa shape index (κ1) is 17.3. The van der Waals surface area contributed by atoms with Crippen molar-refractivity contribution in [3.63, 3.8) is 0 Å². The summed E-state index contributed by atoms with van der Waals surface area (Å²) in [5.74, 6) is 2.52. The Morgan fingerprint density at radius 1 is 1.00 bits per heavy atom. The number of carbonyl (C=O) groups is 1.